The third kappa shape index (κ3) is 11.7. The molecule has 16 heteroatoms. The largest absolute Gasteiger partial charge is 0.506 e. The van der Waals surface area contributed by atoms with Gasteiger partial charge in [0.2, 0.25) is 0 Å². The maximum absolute atomic E-state index is 13.4. The van der Waals surface area contributed by atoms with Crippen molar-refractivity contribution in [3.63, 3.8) is 0 Å². The SMILES string of the molecule is CC.CC.CC1CCC(CO)(NC(=O)c2c(O)c3cccnc3n(Cc3ccc(F)cc3)c2=O)CC1.O=C(NC1(CO)CCCCC1)c1c(O)c2cccnc2n(Cc2ccc(F)cc2)c1=O. The van der Waals surface area contributed by atoms with Crippen LogP contribution in [0.1, 0.15) is 124 Å². The molecule has 0 spiro atoms. The van der Waals surface area contributed by atoms with Gasteiger partial charge in [0.15, 0.2) is 0 Å². The summed E-state index contributed by atoms with van der Waals surface area (Å²) in [5.74, 6) is -2.63. The minimum absolute atomic E-state index is 0.0514. The molecule has 2 saturated carbocycles. The highest BCUT2D eigenvalue weighted by Crippen LogP contribution is 2.34. The van der Waals surface area contributed by atoms with Gasteiger partial charge in [0, 0.05) is 12.4 Å². The Labute approximate surface area is 388 Å². The van der Waals surface area contributed by atoms with Crippen LogP contribution in [0.2, 0.25) is 0 Å². The van der Waals surface area contributed by atoms with Crippen LogP contribution in [0.25, 0.3) is 22.1 Å². The Hall–Kier alpha value is -6.52. The molecule has 8 rings (SSSR count). The molecule has 0 bridgehead atoms. The van der Waals surface area contributed by atoms with E-state index in [1.807, 2.05) is 27.7 Å². The molecule has 2 fully saturated rings. The summed E-state index contributed by atoms with van der Waals surface area (Å²) in [5, 5.41) is 47.7. The third-order valence-electron chi connectivity index (χ3n) is 12.4. The van der Waals surface area contributed by atoms with Crippen LogP contribution in [0.15, 0.2) is 94.8 Å². The molecular weight excluding hydrogens is 863 g/mol. The van der Waals surface area contributed by atoms with Crippen molar-refractivity contribution in [2.75, 3.05) is 13.2 Å². The van der Waals surface area contributed by atoms with Gasteiger partial charge in [0.25, 0.3) is 22.9 Å². The van der Waals surface area contributed by atoms with E-state index >= 15 is 0 Å². The number of aliphatic hydroxyl groups is 2. The van der Waals surface area contributed by atoms with E-state index in [0.717, 1.165) is 32.1 Å². The number of hydrogen-bond acceptors (Lipinski definition) is 10. The maximum Gasteiger partial charge on any atom is 0.269 e. The third-order valence-corrected chi connectivity index (χ3v) is 12.4. The summed E-state index contributed by atoms with van der Waals surface area (Å²) in [5.41, 5.74) is -2.08. The Morgan fingerprint density at radius 3 is 1.37 bits per heavy atom. The number of amides is 2. The Morgan fingerprint density at radius 1 is 0.627 bits per heavy atom. The van der Waals surface area contributed by atoms with Crippen molar-refractivity contribution in [3.8, 4) is 11.5 Å². The van der Waals surface area contributed by atoms with Crippen molar-refractivity contribution < 1.29 is 38.8 Å². The molecule has 0 atom stereocenters. The van der Waals surface area contributed by atoms with Gasteiger partial charge in [-0.1, -0.05) is 78.1 Å². The molecule has 0 radical (unpaired) electrons. The van der Waals surface area contributed by atoms with Crippen molar-refractivity contribution in [2.24, 2.45) is 5.92 Å². The lowest BCUT2D eigenvalue weighted by atomic mass is 9.77. The number of halogens is 2. The van der Waals surface area contributed by atoms with Crippen LogP contribution in [-0.4, -0.2) is 75.6 Å². The lowest BCUT2D eigenvalue weighted by Crippen LogP contribution is -2.54. The molecule has 2 amide bonds. The molecule has 4 aromatic heterocycles. The zero-order valence-electron chi connectivity index (χ0n) is 38.8. The highest BCUT2D eigenvalue weighted by Gasteiger charge is 2.38. The molecule has 0 saturated heterocycles. The molecule has 6 aromatic rings. The molecule has 0 unspecified atom stereocenters. The highest BCUT2D eigenvalue weighted by atomic mass is 19.1. The van der Waals surface area contributed by atoms with Gasteiger partial charge in [0.05, 0.1) is 48.2 Å². The second-order valence-corrected chi connectivity index (χ2v) is 16.8. The molecule has 2 aliphatic rings. The lowest BCUT2D eigenvalue weighted by molar-refractivity contribution is 0.0712. The van der Waals surface area contributed by atoms with E-state index in [4.69, 9.17) is 0 Å². The molecule has 0 aliphatic heterocycles. The van der Waals surface area contributed by atoms with Gasteiger partial charge in [-0.2, -0.15) is 0 Å². The summed E-state index contributed by atoms with van der Waals surface area (Å²) >= 11 is 0. The summed E-state index contributed by atoms with van der Waals surface area (Å²) in [6.45, 7) is 9.75. The van der Waals surface area contributed by atoms with Gasteiger partial charge < -0.3 is 31.1 Å². The minimum atomic E-state index is -0.825. The second-order valence-electron chi connectivity index (χ2n) is 16.8. The van der Waals surface area contributed by atoms with Gasteiger partial charge in [0.1, 0.15) is 45.6 Å². The second kappa shape index (κ2) is 23.3. The highest BCUT2D eigenvalue weighted by molar-refractivity contribution is 6.03. The van der Waals surface area contributed by atoms with Crippen LogP contribution in [-0.2, 0) is 13.1 Å². The van der Waals surface area contributed by atoms with Crippen molar-refractivity contribution in [3.05, 3.63) is 140 Å². The number of nitrogens with zero attached hydrogens (tertiary/aromatic N) is 4. The number of carbonyl (C=O) groups is 2. The van der Waals surface area contributed by atoms with Crippen molar-refractivity contribution in [1.82, 2.24) is 29.7 Å². The standard InChI is InChI=1S/C24H26FN3O4.C23H24FN3O4.2C2H6/c1-15-8-10-24(14-29,11-9-15)27-22(31)19-20(30)18-3-2-12-26-21(18)28(23(19)32)13-16-4-6-17(25)7-5-16;24-16-8-6-15(7-9-16)13-27-20-17(5-4-12-25-20)19(29)18(22(27)31)21(30)26-23(14-28)10-2-1-3-11-23;2*1-2/h2-7,12,15,29-30H,8-11,13-14H2,1H3,(H,27,31);4-9,12,28-29H,1-3,10-11,13-14H2,(H,26,30);2*1-2H3. The van der Waals surface area contributed by atoms with Gasteiger partial charge >= 0.3 is 0 Å². The molecule has 358 valence electrons. The molecule has 14 nitrogen and oxygen atoms in total. The zero-order chi connectivity index (χ0) is 48.9. The first kappa shape index (κ1) is 51.5. The van der Waals surface area contributed by atoms with Crippen molar-refractivity contribution in [1.29, 1.82) is 0 Å². The van der Waals surface area contributed by atoms with Gasteiger partial charge in [-0.3, -0.25) is 28.3 Å². The van der Waals surface area contributed by atoms with E-state index in [9.17, 15) is 48.4 Å². The number of aromatic hydroxyl groups is 2. The summed E-state index contributed by atoms with van der Waals surface area (Å²) in [6.07, 6.45) is 9.83. The monoisotopic (exact) mass is 924 g/mol. The maximum atomic E-state index is 13.4. The molecule has 2 aromatic carbocycles. The number of carbonyl (C=O) groups excluding carboxylic acids is 2. The Balaban J connectivity index is 0.000000234. The molecule has 4 heterocycles. The number of benzene rings is 2. The van der Waals surface area contributed by atoms with E-state index in [-0.39, 0.29) is 59.5 Å². The van der Waals surface area contributed by atoms with Gasteiger partial charge in [-0.15, -0.1) is 0 Å². The number of fused-ring (bicyclic) bond motifs is 2. The van der Waals surface area contributed by atoms with E-state index in [1.165, 1.54) is 45.8 Å². The first-order chi connectivity index (χ1) is 32.3. The van der Waals surface area contributed by atoms with Crippen molar-refractivity contribution >= 4 is 33.9 Å². The number of nitrogens with one attached hydrogen (secondary N) is 2. The summed E-state index contributed by atoms with van der Waals surface area (Å²) in [6, 6.07) is 17.7. The Morgan fingerprint density at radius 2 is 1.00 bits per heavy atom. The van der Waals surface area contributed by atoms with E-state index in [2.05, 4.69) is 27.5 Å². The fraction of sp³-hybridized carbons (Fsp3) is 0.412. The minimum Gasteiger partial charge on any atom is -0.506 e. The van der Waals surface area contributed by atoms with Crippen LogP contribution in [0.4, 0.5) is 8.78 Å². The van der Waals surface area contributed by atoms with E-state index in [0.29, 0.717) is 42.7 Å². The first-order valence-corrected chi connectivity index (χ1v) is 23.0. The smallest absolute Gasteiger partial charge is 0.269 e. The quantitative estimate of drug-likeness (QED) is 0.0788. The number of hydrogen-bond donors (Lipinski definition) is 6. The molecule has 2 aliphatic carbocycles. The van der Waals surface area contributed by atoms with Crippen LogP contribution < -0.4 is 21.8 Å². The molecule has 67 heavy (non-hydrogen) atoms. The van der Waals surface area contributed by atoms with Crippen LogP contribution in [0, 0.1) is 17.6 Å². The predicted molar refractivity (Wildman–Crippen MR) is 254 cm³/mol. The lowest BCUT2D eigenvalue weighted by Gasteiger charge is -2.38. The number of rotatable bonds is 10. The fourth-order valence-corrected chi connectivity index (χ4v) is 8.57. The first-order valence-electron chi connectivity index (χ1n) is 23.0. The summed E-state index contributed by atoms with van der Waals surface area (Å²) in [4.78, 5) is 61.5. The number of aromatic nitrogens is 4. The number of pyridine rings is 4. The summed E-state index contributed by atoms with van der Waals surface area (Å²) in [7, 11) is 0. The average molecular weight is 925 g/mol. The number of aliphatic hydroxyl groups excluding tert-OH is 2. The Bertz CT molecular complexity index is 2750. The molecular formula is C51H62F2N6O8. The van der Waals surface area contributed by atoms with Crippen LogP contribution in [0.3, 0.4) is 0 Å². The van der Waals surface area contributed by atoms with E-state index in [1.54, 1.807) is 48.5 Å². The zero-order valence-corrected chi connectivity index (χ0v) is 38.8. The normalized spacial score (nSPS) is 17.4. The predicted octanol–water partition coefficient (Wildman–Crippen LogP) is 7.73. The summed E-state index contributed by atoms with van der Waals surface area (Å²) < 4.78 is 29.2. The average Bonchev–Trinajstić information content (AvgIpc) is 3.35. The van der Waals surface area contributed by atoms with Crippen molar-refractivity contribution in [2.45, 2.75) is 117 Å². The fourth-order valence-electron chi connectivity index (χ4n) is 8.57. The van der Waals surface area contributed by atoms with E-state index < -0.39 is 57.1 Å². The van der Waals surface area contributed by atoms with Gasteiger partial charge in [-0.25, -0.2) is 18.7 Å². The molecule has 6 N–H and O–H groups in total. The van der Waals surface area contributed by atoms with Crippen LogP contribution >= 0.6 is 0 Å². The topological polar surface area (TPSA) is 209 Å². The van der Waals surface area contributed by atoms with Gasteiger partial charge in [-0.05, 0) is 104 Å². The van der Waals surface area contributed by atoms with Crippen LogP contribution in [0.5, 0.6) is 11.5 Å². The Kier molecular flexibility index (Phi) is 17.9.